The number of nitrogens with zero attached hydrogens (tertiary/aromatic N) is 1. The van der Waals surface area contributed by atoms with E-state index in [9.17, 15) is 16.8 Å². The molecule has 0 spiro atoms. The van der Waals surface area contributed by atoms with E-state index < -0.39 is 20.0 Å². The minimum Gasteiger partial charge on any atom is -0.369 e. The van der Waals surface area contributed by atoms with Crippen molar-refractivity contribution in [3.8, 4) is 0 Å². The van der Waals surface area contributed by atoms with Crippen molar-refractivity contribution in [1.82, 2.24) is 5.32 Å². The van der Waals surface area contributed by atoms with Crippen LogP contribution in [0.3, 0.4) is 0 Å². The topological polar surface area (TPSA) is 108 Å². The van der Waals surface area contributed by atoms with E-state index in [1.807, 2.05) is 0 Å². The number of hydrogen-bond donors (Lipinski definition) is 3. The molecular weight excluding hydrogens is 400 g/mol. The van der Waals surface area contributed by atoms with Crippen molar-refractivity contribution in [3.05, 3.63) is 48.5 Å². The lowest BCUT2D eigenvalue weighted by Crippen LogP contribution is -2.29. The molecule has 0 aromatic heterocycles. The third-order valence-electron chi connectivity index (χ3n) is 4.28. The molecule has 0 amide bonds. The van der Waals surface area contributed by atoms with Crippen LogP contribution in [0.5, 0.6) is 0 Å². The van der Waals surface area contributed by atoms with Gasteiger partial charge in [-0.15, -0.1) is 0 Å². The highest BCUT2D eigenvalue weighted by Crippen LogP contribution is 2.31. The highest BCUT2D eigenvalue weighted by molar-refractivity contribution is 7.93. The fourth-order valence-electron chi connectivity index (χ4n) is 3.05. The lowest BCUT2D eigenvalue weighted by Gasteiger charge is -2.25. The minimum atomic E-state index is -3.86. The Morgan fingerprint density at radius 2 is 1.68 bits per heavy atom. The van der Waals surface area contributed by atoms with Crippen LogP contribution in [0, 0.1) is 0 Å². The largest absolute Gasteiger partial charge is 0.369 e. The number of sulfonamides is 2. The summed E-state index contributed by atoms with van der Waals surface area (Å²) in [6.45, 7) is 3.11. The van der Waals surface area contributed by atoms with Gasteiger partial charge in [-0.25, -0.2) is 16.8 Å². The van der Waals surface area contributed by atoms with Gasteiger partial charge < -0.3 is 10.2 Å². The molecule has 28 heavy (non-hydrogen) atoms. The fourth-order valence-corrected chi connectivity index (χ4v) is 4.69. The zero-order valence-corrected chi connectivity index (χ0v) is 17.2. The van der Waals surface area contributed by atoms with Gasteiger partial charge in [0.2, 0.25) is 10.0 Å². The first-order valence-electron chi connectivity index (χ1n) is 8.90. The lowest BCUT2D eigenvalue weighted by atomic mass is 10.2. The standard InChI is InChI=1S/C18H24N4O4S2/c1-27(23,24)21-17-14-16(28(25,26)20-15-6-3-2-4-7-15)8-9-18(17)22-12-5-10-19-11-13-22/h2-4,6-9,14,19-21H,5,10-13H2,1H3. The molecular formula is C18H24N4O4S2. The van der Waals surface area contributed by atoms with Crippen molar-refractivity contribution in [3.63, 3.8) is 0 Å². The van der Waals surface area contributed by atoms with Crippen molar-refractivity contribution in [2.45, 2.75) is 11.3 Å². The Morgan fingerprint density at radius 1 is 0.929 bits per heavy atom. The van der Waals surface area contributed by atoms with Crippen molar-refractivity contribution < 1.29 is 16.8 Å². The van der Waals surface area contributed by atoms with E-state index in [0.29, 0.717) is 17.9 Å². The highest BCUT2D eigenvalue weighted by atomic mass is 32.2. The molecule has 0 bridgehead atoms. The maximum atomic E-state index is 12.8. The Balaban J connectivity index is 1.98. The van der Waals surface area contributed by atoms with Gasteiger partial charge in [0.1, 0.15) is 0 Å². The second kappa shape index (κ2) is 8.38. The molecule has 1 fully saturated rings. The summed E-state index contributed by atoms with van der Waals surface area (Å²) < 4.78 is 54.2. The summed E-state index contributed by atoms with van der Waals surface area (Å²) in [6.07, 6.45) is 1.96. The summed E-state index contributed by atoms with van der Waals surface area (Å²) in [7, 11) is -7.44. The van der Waals surface area contributed by atoms with Crippen LogP contribution in [0.1, 0.15) is 6.42 Å². The molecule has 8 nitrogen and oxygen atoms in total. The van der Waals surface area contributed by atoms with Crippen LogP contribution in [0.25, 0.3) is 0 Å². The van der Waals surface area contributed by atoms with E-state index in [-0.39, 0.29) is 10.6 Å². The first-order valence-corrected chi connectivity index (χ1v) is 12.3. The Bertz CT molecular complexity index is 1020. The molecule has 1 heterocycles. The molecule has 0 saturated carbocycles. The van der Waals surface area contributed by atoms with Crippen molar-refractivity contribution in [2.24, 2.45) is 0 Å². The van der Waals surface area contributed by atoms with Crippen LogP contribution in [-0.2, 0) is 20.0 Å². The molecule has 1 aliphatic rings. The number of nitrogens with one attached hydrogen (secondary N) is 3. The first-order chi connectivity index (χ1) is 13.2. The van der Waals surface area contributed by atoms with E-state index in [1.165, 1.54) is 12.1 Å². The monoisotopic (exact) mass is 424 g/mol. The summed E-state index contributed by atoms with van der Waals surface area (Å²) in [6, 6.07) is 13.0. The molecule has 2 aromatic rings. The lowest BCUT2D eigenvalue weighted by molar-refractivity contribution is 0.600. The molecule has 3 N–H and O–H groups in total. The third-order valence-corrected chi connectivity index (χ3v) is 6.25. The average molecular weight is 425 g/mol. The van der Waals surface area contributed by atoms with E-state index in [4.69, 9.17) is 0 Å². The van der Waals surface area contributed by atoms with E-state index >= 15 is 0 Å². The van der Waals surface area contributed by atoms with Gasteiger partial charge in [-0.1, -0.05) is 18.2 Å². The fraction of sp³-hybridized carbons (Fsp3) is 0.333. The van der Waals surface area contributed by atoms with Crippen LogP contribution in [-0.4, -0.2) is 49.3 Å². The second-order valence-electron chi connectivity index (χ2n) is 6.62. The van der Waals surface area contributed by atoms with Crippen molar-refractivity contribution in [2.75, 3.05) is 46.8 Å². The van der Waals surface area contributed by atoms with Gasteiger partial charge in [-0.05, 0) is 43.3 Å². The summed E-state index contributed by atoms with van der Waals surface area (Å²) in [4.78, 5) is 2.04. The van der Waals surface area contributed by atoms with Crippen molar-refractivity contribution >= 4 is 37.1 Å². The van der Waals surface area contributed by atoms with Crippen LogP contribution in [0.15, 0.2) is 53.4 Å². The molecule has 10 heteroatoms. The Morgan fingerprint density at radius 3 is 2.39 bits per heavy atom. The smallest absolute Gasteiger partial charge is 0.261 e. The maximum absolute atomic E-state index is 12.8. The Labute approximate surface area is 166 Å². The van der Waals surface area contributed by atoms with Crippen LogP contribution in [0.4, 0.5) is 17.1 Å². The van der Waals surface area contributed by atoms with E-state index in [0.717, 1.165) is 32.3 Å². The molecule has 152 valence electrons. The molecule has 0 atom stereocenters. The Kier molecular flexibility index (Phi) is 6.11. The van der Waals surface area contributed by atoms with Gasteiger partial charge in [0.15, 0.2) is 0 Å². The molecule has 2 aromatic carbocycles. The summed E-state index contributed by atoms with van der Waals surface area (Å²) >= 11 is 0. The van der Waals surface area contributed by atoms with Crippen LogP contribution < -0.4 is 19.7 Å². The SMILES string of the molecule is CS(=O)(=O)Nc1cc(S(=O)(=O)Nc2ccccc2)ccc1N1CCCNCC1. The van der Waals surface area contributed by atoms with Gasteiger partial charge in [0, 0.05) is 25.3 Å². The number of para-hydroxylation sites is 1. The second-order valence-corrected chi connectivity index (χ2v) is 10.0. The summed E-state index contributed by atoms with van der Waals surface area (Å²) in [5.41, 5.74) is 1.34. The van der Waals surface area contributed by atoms with Gasteiger partial charge in [0.05, 0.1) is 22.5 Å². The predicted molar refractivity (Wildman–Crippen MR) is 112 cm³/mol. The van der Waals surface area contributed by atoms with Crippen molar-refractivity contribution in [1.29, 1.82) is 0 Å². The van der Waals surface area contributed by atoms with Gasteiger partial charge in [0.25, 0.3) is 10.0 Å². The van der Waals surface area contributed by atoms with E-state index in [2.05, 4.69) is 19.7 Å². The van der Waals surface area contributed by atoms with Crippen LogP contribution >= 0.6 is 0 Å². The highest BCUT2D eigenvalue weighted by Gasteiger charge is 2.21. The quantitative estimate of drug-likeness (QED) is 0.651. The average Bonchev–Trinajstić information content (AvgIpc) is 2.90. The summed E-state index contributed by atoms with van der Waals surface area (Å²) in [5, 5.41) is 3.29. The van der Waals surface area contributed by atoms with Gasteiger partial charge in [-0.3, -0.25) is 9.44 Å². The summed E-state index contributed by atoms with van der Waals surface area (Å²) in [5.74, 6) is 0. The molecule has 0 unspecified atom stereocenters. The number of benzene rings is 2. The zero-order chi connectivity index (χ0) is 20.2. The Hall–Kier alpha value is -2.30. The molecule has 0 aliphatic carbocycles. The minimum absolute atomic E-state index is 0.0146. The normalized spacial score (nSPS) is 15.7. The molecule has 1 saturated heterocycles. The third kappa shape index (κ3) is 5.37. The maximum Gasteiger partial charge on any atom is 0.261 e. The zero-order valence-electron chi connectivity index (χ0n) is 15.6. The predicted octanol–water partition coefficient (Wildman–Crippen LogP) is 1.66. The number of anilines is 3. The number of rotatable bonds is 6. The van der Waals surface area contributed by atoms with E-state index in [1.54, 1.807) is 36.4 Å². The molecule has 0 radical (unpaired) electrons. The van der Waals surface area contributed by atoms with Gasteiger partial charge in [-0.2, -0.15) is 0 Å². The molecule has 1 aliphatic heterocycles. The molecule has 3 rings (SSSR count). The van der Waals surface area contributed by atoms with Crippen LogP contribution in [0.2, 0.25) is 0 Å². The van der Waals surface area contributed by atoms with Gasteiger partial charge >= 0.3 is 0 Å². The number of hydrogen-bond acceptors (Lipinski definition) is 6. The first kappa shape index (κ1) is 20.4.